The summed E-state index contributed by atoms with van der Waals surface area (Å²) in [6.07, 6.45) is 0. The Hall–Kier alpha value is -1.31. The first-order chi connectivity index (χ1) is 8.60. The average molecular weight is 321 g/mol. The van der Waals surface area contributed by atoms with Crippen molar-refractivity contribution in [1.82, 2.24) is 0 Å². The lowest BCUT2D eigenvalue weighted by Gasteiger charge is -2.09. The van der Waals surface area contributed by atoms with E-state index in [-0.39, 0.29) is 0 Å². The van der Waals surface area contributed by atoms with Crippen LogP contribution in [0.4, 0.5) is 5.69 Å². The van der Waals surface area contributed by atoms with Crippen LogP contribution < -0.4 is 5.32 Å². The number of halogens is 1. The van der Waals surface area contributed by atoms with Crippen molar-refractivity contribution in [2.24, 2.45) is 0 Å². The fourth-order valence-corrected chi connectivity index (χ4v) is 2.74. The molecule has 0 atom stereocenters. The number of benzene rings is 1. The van der Waals surface area contributed by atoms with Crippen LogP contribution in [0.5, 0.6) is 0 Å². The molecule has 2 nitrogen and oxygen atoms in total. The second-order valence-corrected chi connectivity index (χ2v) is 6.12. The zero-order chi connectivity index (χ0) is 13.1. The molecule has 1 heterocycles. The molecule has 0 spiro atoms. The van der Waals surface area contributed by atoms with Gasteiger partial charge in [0.25, 0.3) is 0 Å². The van der Waals surface area contributed by atoms with Gasteiger partial charge in [0.2, 0.25) is 0 Å². The van der Waals surface area contributed by atoms with Gasteiger partial charge in [0, 0.05) is 21.6 Å². The summed E-state index contributed by atoms with van der Waals surface area (Å²) in [4.78, 5) is 1.93. The molecule has 0 aliphatic carbocycles. The van der Waals surface area contributed by atoms with Gasteiger partial charge in [0.05, 0.1) is 0 Å². The van der Waals surface area contributed by atoms with E-state index in [4.69, 9.17) is 5.26 Å². The van der Waals surface area contributed by atoms with Crippen LogP contribution in [-0.4, -0.2) is 0 Å². The molecule has 0 saturated carbocycles. The van der Waals surface area contributed by atoms with Crippen LogP contribution in [0.15, 0.2) is 28.7 Å². The van der Waals surface area contributed by atoms with Gasteiger partial charge < -0.3 is 5.32 Å². The zero-order valence-electron chi connectivity index (χ0n) is 10.2. The number of thiophene rings is 1. The summed E-state index contributed by atoms with van der Waals surface area (Å²) < 4.78 is 1.16. The smallest absolute Gasteiger partial charge is 0.110 e. The molecule has 2 aromatic rings. The summed E-state index contributed by atoms with van der Waals surface area (Å²) in [5.41, 5.74) is 3.56. The van der Waals surface area contributed by atoms with E-state index in [2.05, 4.69) is 53.3 Å². The normalized spacial score (nSPS) is 10.1. The third-order valence-corrected chi connectivity index (χ3v) is 4.92. The molecular weight excluding hydrogens is 308 g/mol. The number of aryl methyl sites for hydroxylation is 2. The minimum Gasteiger partial charge on any atom is -0.380 e. The summed E-state index contributed by atoms with van der Waals surface area (Å²) in [5.74, 6) is 0. The Bertz CT molecular complexity index is 587. The molecule has 92 valence electrons. The van der Waals surface area contributed by atoms with Gasteiger partial charge in [-0.3, -0.25) is 0 Å². The standard InChI is InChI=1S/C14H13BrN2S/c1-9-5-11(6-10(2)14(9)15)17-8-13-4-3-12(7-16)18-13/h3-6,17H,8H2,1-2H3. The molecule has 0 fully saturated rings. The molecule has 2 rings (SSSR count). The predicted octanol–water partition coefficient (Wildman–Crippen LogP) is 4.61. The van der Waals surface area contributed by atoms with Crippen LogP contribution in [-0.2, 0) is 6.54 Å². The Morgan fingerprint density at radius 2 is 1.94 bits per heavy atom. The molecule has 0 saturated heterocycles. The van der Waals surface area contributed by atoms with Crippen molar-refractivity contribution in [1.29, 1.82) is 5.26 Å². The molecule has 0 unspecified atom stereocenters. The fraction of sp³-hybridized carbons (Fsp3) is 0.214. The van der Waals surface area contributed by atoms with Crippen molar-refractivity contribution < 1.29 is 0 Å². The van der Waals surface area contributed by atoms with Gasteiger partial charge in [0.1, 0.15) is 10.9 Å². The number of nitrogens with zero attached hydrogens (tertiary/aromatic N) is 1. The minimum atomic E-state index is 0.757. The first-order valence-electron chi connectivity index (χ1n) is 5.59. The van der Waals surface area contributed by atoms with Crippen molar-refractivity contribution >= 4 is 33.0 Å². The molecule has 0 aliphatic rings. The summed E-state index contributed by atoms with van der Waals surface area (Å²) in [6.45, 7) is 4.93. The molecule has 0 aliphatic heterocycles. The highest BCUT2D eigenvalue weighted by atomic mass is 79.9. The van der Waals surface area contributed by atoms with Gasteiger partial charge >= 0.3 is 0 Å². The fourth-order valence-electron chi connectivity index (χ4n) is 1.77. The van der Waals surface area contributed by atoms with E-state index in [0.29, 0.717) is 0 Å². The van der Waals surface area contributed by atoms with E-state index in [0.717, 1.165) is 21.6 Å². The summed E-state index contributed by atoms with van der Waals surface area (Å²) in [7, 11) is 0. The number of nitrogens with one attached hydrogen (secondary N) is 1. The van der Waals surface area contributed by atoms with E-state index in [1.807, 2.05) is 12.1 Å². The average Bonchev–Trinajstić information content (AvgIpc) is 2.81. The molecule has 0 radical (unpaired) electrons. The lowest BCUT2D eigenvalue weighted by molar-refractivity contribution is 1.18. The maximum atomic E-state index is 8.77. The highest BCUT2D eigenvalue weighted by Crippen LogP contribution is 2.25. The third-order valence-electron chi connectivity index (χ3n) is 2.68. The number of hydrogen-bond donors (Lipinski definition) is 1. The van der Waals surface area contributed by atoms with Crippen LogP contribution >= 0.6 is 27.3 Å². The van der Waals surface area contributed by atoms with Gasteiger partial charge in [0.15, 0.2) is 0 Å². The molecule has 18 heavy (non-hydrogen) atoms. The van der Waals surface area contributed by atoms with Gasteiger partial charge in [-0.15, -0.1) is 11.3 Å². The topological polar surface area (TPSA) is 35.8 Å². The second kappa shape index (κ2) is 5.55. The second-order valence-electron chi connectivity index (χ2n) is 4.16. The molecule has 1 N–H and O–H groups in total. The van der Waals surface area contributed by atoms with Gasteiger partial charge in [-0.2, -0.15) is 5.26 Å². The minimum absolute atomic E-state index is 0.757. The molecule has 1 aromatic heterocycles. The van der Waals surface area contributed by atoms with E-state index >= 15 is 0 Å². The quantitative estimate of drug-likeness (QED) is 0.896. The lowest BCUT2D eigenvalue weighted by Crippen LogP contribution is -1.98. The van der Waals surface area contributed by atoms with Crippen LogP contribution in [0.2, 0.25) is 0 Å². The van der Waals surface area contributed by atoms with E-state index in [9.17, 15) is 0 Å². The Morgan fingerprint density at radius 3 is 2.50 bits per heavy atom. The van der Waals surface area contributed by atoms with Gasteiger partial charge in [-0.1, -0.05) is 15.9 Å². The molecular formula is C14H13BrN2S. The first-order valence-corrected chi connectivity index (χ1v) is 7.20. The van der Waals surface area contributed by atoms with Crippen LogP contribution in [0.25, 0.3) is 0 Å². The number of anilines is 1. The Morgan fingerprint density at radius 1 is 1.28 bits per heavy atom. The summed E-state index contributed by atoms with van der Waals surface area (Å²) >= 11 is 5.09. The van der Waals surface area contributed by atoms with E-state index in [1.54, 1.807) is 0 Å². The van der Waals surface area contributed by atoms with Crippen molar-refractivity contribution in [3.63, 3.8) is 0 Å². The maximum absolute atomic E-state index is 8.77. The van der Waals surface area contributed by atoms with E-state index in [1.165, 1.54) is 27.3 Å². The molecule has 4 heteroatoms. The van der Waals surface area contributed by atoms with Crippen molar-refractivity contribution in [3.05, 3.63) is 49.6 Å². The molecule has 0 bridgehead atoms. The van der Waals surface area contributed by atoms with Gasteiger partial charge in [-0.25, -0.2) is 0 Å². The number of rotatable bonds is 3. The zero-order valence-corrected chi connectivity index (χ0v) is 12.7. The van der Waals surface area contributed by atoms with Crippen molar-refractivity contribution in [2.75, 3.05) is 5.32 Å². The summed E-state index contributed by atoms with van der Waals surface area (Å²) in [5, 5.41) is 12.2. The van der Waals surface area contributed by atoms with Crippen LogP contribution in [0.3, 0.4) is 0 Å². The third kappa shape index (κ3) is 2.92. The number of hydrogen-bond acceptors (Lipinski definition) is 3. The Labute approximate surface area is 119 Å². The highest BCUT2D eigenvalue weighted by molar-refractivity contribution is 9.10. The van der Waals surface area contributed by atoms with Crippen LogP contribution in [0, 0.1) is 25.2 Å². The van der Waals surface area contributed by atoms with Crippen LogP contribution in [0.1, 0.15) is 20.9 Å². The highest BCUT2D eigenvalue weighted by Gasteiger charge is 2.03. The predicted molar refractivity (Wildman–Crippen MR) is 80.0 cm³/mol. The monoisotopic (exact) mass is 320 g/mol. The van der Waals surface area contributed by atoms with Crippen molar-refractivity contribution in [2.45, 2.75) is 20.4 Å². The molecule has 0 amide bonds. The molecule has 1 aromatic carbocycles. The van der Waals surface area contributed by atoms with E-state index < -0.39 is 0 Å². The number of nitriles is 1. The lowest BCUT2D eigenvalue weighted by atomic mass is 10.1. The Kier molecular flexibility index (Phi) is 4.05. The SMILES string of the molecule is Cc1cc(NCc2ccc(C#N)s2)cc(C)c1Br. The van der Waals surface area contributed by atoms with Gasteiger partial charge in [-0.05, 0) is 49.2 Å². The first kappa shape index (κ1) is 13.1. The van der Waals surface area contributed by atoms with Crippen molar-refractivity contribution in [3.8, 4) is 6.07 Å². The maximum Gasteiger partial charge on any atom is 0.110 e. The summed E-state index contributed by atoms with van der Waals surface area (Å²) in [6, 6.07) is 10.3. The largest absolute Gasteiger partial charge is 0.380 e. The Balaban J connectivity index is 2.09.